The Labute approximate surface area is 122 Å². The maximum atomic E-state index is 10.8. The van der Waals surface area contributed by atoms with Crippen LogP contribution in [0.2, 0.25) is 5.15 Å². The van der Waals surface area contributed by atoms with Crippen molar-refractivity contribution in [2.24, 2.45) is 5.10 Å². The van der Waals surface area contributed by atoms with Crippen LogP contribution in [0.25, 0.3) is 0 Å². The van der Waals surface area contributed by atoms with E-state index in [1.54, 1.807) is 4.68 Å². The van der Waals surface area contributed by atoms with Gasteiger partial charge in [-0.15, -0.1) is 0 Å². The van der Waals surface area contributed by atoms with Gasteiger partial charge in [0.05, 0.1) is 24.0 Å². The fraction of sp³-hybridized carbons (Fsp3) is 0.214. The number of nitrogens with one attached hydrogen (secondary N) is 1. The van der Waals surface area contributed by atoms with Crippen LogP contribution in [0.3, 0.4) is 0 Å². The molecule has 1 aromatic carbocycles. The van der Waals surface area contributed by atoms with E-state index >= 15 is 0 Å². The molecule has 0 bridgehead atoms. The Morgan fingerprint density at radius 3 is 2.80 bits per heavy atom. The third-order valence-corrected chi connectivity index (χ3v) is 3.10. The molecule has 5 nitrogen and oxygen atoms in total. The number of nitrogens with zero attached hydrogens (tertiary/aromatic N) is 3. The van der Waals surface area contributed by atoms with Crippen LogP contribution in [0.15, 0.2) is 35.4 Å². The SMILES string of the molecule is CC(=O)N/N=C/c1c(C)nn(Cc2ccccc2)c1Cl. The quantitative estimate of drug-likeness (QED) is 0.694. The van der Waals surface area contributed by atoms with Crippen molar-refractivity contribution in [3.63, 3.8) is 0 Å². The molecule has 0 atom stereocenters. The van der Waals surface area contributed by atoms with E-state index in [0.717, 1.165) is 11.3 Å². The summed E-state index contributed by atoms with van der Waals surface area (Å²) in [5, 5.41) is 8.71. The Kier molecular flexibility index (Phi) is 4.53. The molecule has 0 spiro atoms. The number of aryl methyl sites for hydroxylation is 1. The van der Waals surface area contributed by atoms with E-state index in [2.05, 4.69) is 15.6 Å². The first kappa shape index (κ1) is 14.3. The average Bonchev–Trinajstić information content (AvgIpc) is 2.67. The summed E-state index contributed by atoms with van der Waals surface area (Å²) in [5.74, 6) is -0.230. The minimum absolute atomic E-state index is 0.230. The van der Waals surface area contributed by atoms with Gasteiger partial charge in [-0.25, -0.2) is 10.1 Å². The van der Waals surface area contributed by atoms with Crippen LogP contribution in [0.1, 0.15) is 23.7 Å². The fourth-order valence-electron chi connectivity index (χ4n) is 1.76. The highest BCUT2D eigenvalue weighted by molar-refractivity contribution is 6.32. The number of amides is 1. The second kappa shape index (κ2) is 6.34. The maximum Gasteiger partial charge on any atom is 0.236 e. The molecule has 0 saturated heterocycles. The number of halogens is 1. The van der Waals surface area contributed by atoms with Crippen molar-refractivity contribution in [2.45, 2.75) is 20.4 Å². The van der Waals surface area contributed by atoms with Crippen LogP contribution >= 0.6 is 11.6 Å². The molecule has 20 heavy (non-hydrogen) atoms. The number of hydrazone groups is 1. The molecule has 104 valence electrons. The number of rotatable bonds is 4. The van der Waals surface area contributed by atoms with Crippen LogP contribution in [0.4, 0.5) is 0 Å². The second-order valence-corrected chi connectivity index (χ2v) is 4.72. The van der Waals surface area contributed by atoms with Gasteiger partial charge in [0.1, 0.15) is 5.15 Å². The minimum atomic E-state index is -0.230. The minimum Gasteiger partial charge on any atom is -0.274 e. The van der Waals surface area contributed by atoms with Crippen molar-refractivity contribution >= 4 is 23.7 Å². The number of carbonyl (C=O) groups is 1. The van der Waals surface area contributed by atoms with Crippen LogP contribution in [-0.4, -0.2) is 21.9 Å². The molecule has 6 heteroatoms. The zero-order valence-corrected chi connectivity index (χ0v) is 12.1. The van der Waals surface area contributed by atoms with Gasteiger partial charge < -0.3 is 0 Å². The van der Waals surface area contributed by atoms with Crippen molar-refractivity contribution < 1.29 is 4.79 Å². The lowest BCUT2D eigenvalue weighted by Gasteiger charge is -2.03. The Hall–Kier alpha value is -2.14. The van der Waals surface area contributed by atoms with Crippen molar-refractivity contribution in [2.75, 3.05) is 0 Å². The smallest absolute Gasteiger partial charge is 0.236 e. The average molecular weight is 291 g/mol. The van der Waals surface area contributed by atoms with Gasteiger partial charge in [-0.2, -0.15) is 10.2 Å². The number of carbonyl (C=O) groups excluding carboxylic acids is 1. The standard InChI is InChI=1S/C14H15ClN4O/c1-10-13(8-16-17-11(2)20)14(15)19(18-10)9-12-6-4-3-5-7-12/h3-8H,9H2,1-2H3,(H,17,20)/b16-8+. The monoisotopic (exact) mass is 290 g/mol. The highest BCUT2D eigenvalue weighted by Crippen LogP contribution is 2.19. The highest BCUT2D eigenvalue weighted by Gasteiger charge is 2.11. The summed E-state index contributed by atoms with van der Waals surface area (Å²) in [6.45, 7) is 3.83. The first-order valence-corrected chi connectivity index (χ1v) is 6.52. The van der Waals surface area contributed by atoms with Gasteiger partial charge in [0.25, 0.3) is 0 Å². The van der Waals surface area contributed by atoms with Gasteiger partial charge in [0, 0.05) is 6.92 Å². The third kappa shape index (κ3) is 3.45. The normalized spacial score (nSPS) is 10.9. The van der Waals surface area contributed by atoms with Crippen LogP contribution < -0.4 is 5.43 Å². The molecule has 0 aliphatic heterocycles. The lowest BCUT2D eigenvalue weighted by Crippen LogP contribution is -2.12. The summed E-state index contributed by atoms with van der Waals surface area (Å²) >= 11 is 6.29. The molecule has 0 radical (unpaired) electrons. The predicted molar refractivity (Wildman–Crippen MR) is 78.9 cm³/mol. The number of hydrogen-bond acceptors (Lipinski definition) is 3. The van der Waals surface area contributed by atoms with E-state index in [-0.39, 0.29) is 5.91 Å². The Balaban J connectivity index is 2.20. The molecule has 2 aromatic rings. The summed E-state index contributed by atoms with van der Waals surface area (Å²) in [7, 11) is 0. The van der Waals surface area contributed by atoms with Gasteiger partial charge in [0.15, 0.2) is 0 Å². The summed E-state index contributed by atoms with van der Waals surface area (Å²) in [6.07, 6.45) is 1.51. The third-order valence-electron chi connectivity index (χ3n) is 2.70. The molecule has 0 unspecified atom stereocenters. The van der Waals surface area contributed by atoms with E-state index in [1.165, 1.54) is 13.1 Å². The zero-order chi connectivity index (χ0) is 14.5. The van der Waals surface area contributed by atoms with Crippen molar-refractivity contribution in [3.8, 4) is 0 Å². The molecule has 0 aliphatic carbocycles. The lowest BCUT2D eigenvalue weighted by molar-refractivity contribution is -0.118. The molecule has 2 rings (SSSR count). The molecule has 0 fully saturated rings. The van der Waals surface area contributed by atoms with E-state index in [4.69, 9.17) is 11.6 Å². The summed E-state index contributed by atoms with van der Waals surface area (Å²) in [4.78, 5) is 10.8. The van der Waals surface area contributed by atoms with Crippen LogP contribution in [-0.2, 0) is 11.3 Å². The van der Waals surface area contributed by atoms with Gasteiger partial charge in [-0.3, -0.25) is 4.79 Å². The van der Waals surface area contributed by atoms with Gasteiger partial charge >= 0.3 is 0 Å². The second-order valence-electron chi connectivity index (χ2n) is 4.36. The molecule has 0 saturated carbocycles. The molecular weight excluding hydrogens is 276 g/mol. The molecule has 1 amide bonds. The number of aromatic nitrogens is 2. The summed E-state index contributed by atoms with van der Waals surface area (Å²) < 4.78 is 1.71. The van der Waals surface area contributed by atoms with E-state index in [0.29, 0.717) is 17.3 Å². The topological polar surface area (TPSA) is 59.3 Å². The first-order valence-electron chi connectivity index (χ1n) is 6.14. The first-order chi connectivity index (χ1) is 9.58. The molecule has 1 aromatic heterocycles. The maximum absolute atomic E-state index is 10.8. The zero-order valence-electron chi connectivity index (χ0n) is 11.3. The largest absolute Gasteiger partial charge is 0.274 e. The van der Waals surface area contributed by atoms with Gasteiger partial charge in [-0.05, 0) is 12.5 Å². The van der Waals surface area contributed by atoms with E-state index in [9.17, 15) is 4.79 Å². The summed E-state index contributed by atoms with van der Waals surface area (Å²) in [5.41, 5.74) is 4.92. The Bertz CT molecular complexity index is 634. The lowest BCUT2D eigenvalue weighted by atomic mass is 10.2. The molecular formula is C14H15ClN4O. The molecule has 1 N–H and O–H groups in total. The van der Waals surface area contributed by atoms with Crippen molar-refractivity contribution in [1.82, 2.24) is 15.2 Å². The summed E-state index contributed by atoms with van der Waals surface area (Å²) in [6, 6.07) is 9.93. The van der Waals surface area contributed by atoms with Crippen molar-refractivity contribution in [1.29, 1.82) is 0 Å². The van der Waals surface area contributed by atoms with Gasteiger partial charge in [0.2, 0.25) is 5.91 Å². The van der Waals surface area contributed by atoms with E-state index in [1.807, 2.05) is 37.3 Å². The van der Waals surface area contributed by atoms with Crippen LogP contribution in [0.5, 0.6) is 0 Å². The van der Waals surface area contributed by atoms with E-state index < -0.39 is 0 Å². The highest BCUT2D eigenvalue weighted by atomic mass is 35.5. The molecule has 0 aliphatic rings. The van der Waals surface area contributed by atoms with Crippen LogP contribution in [0, 0.1) is 6.92 Å². The Morgan fingerprint density at radius 1 is 1.45 bits per heavy atom. The number of hydrogen-bond donors (Lipinski definition) is 1. The Morgan fingerprint density at radius 2 is 2.15 bits per heavy atom. The fourth-order valence-corrected chi connectivity index (χ4v) is 2.05. The molecule has 1 heterocycles. The number of benzene rings is 1. The van der Waals surface area contributed by atoms with Gasteiger partial charge in [-0.1, -0.05) is 41.9 Å². The van der Waals surface area contributed by atoms with Crippen molar-refractivity contribution in [3.05, 3.63) is 52.3 Å². The predicted octanol–water partition coefficient (Wildman–Crippen LogP) is 2.36.